The maximum absolute atomic E-state index is 11.5. The van der Waals surface area contributed by atoms with Crippen LogP contribution in [0.5, 0.6) is 0 Å². The summed E-state index contributed by atoms with van der Waals surface area (Å²) in [5, 5.41) is 2.36. The summed E-state index contributed by atoms with van der Waals surface area (Å²) >= 11 is 5.92. The van der Waals surface area contributed by atoms with Crippen LogP contribution in [0.3, 0.4) is 0 Å². The van der Waals surface area contributed by atoms with E-state index in [1.165, 1.54) is 0 Å². The zero-order valence-electron chi connectivity index (χ0n) is 9.03. The van der Waals surface area contributed by atoms with Crippen LogP contribution >= 0.6 is 11.6 Å². The number of carbonyl (C=O) groups is 1. The van der Waals surface area contributed by atoms with Gasteiger partial charge in [-0.3, -0.25) is 4.79 Å². The highest BCUT2D eigenvalue weighted by molar-refractivity contribution is 6.30. The van der Waals surface area contributed by atoms with E-state index < -0.39 is 5.38 Å². The largest absolute Gasteiger partial charge is 0.351 e. The van der Waals surface area contributed by atoms with Crippen molar-refractivity contribution in [2.45, 2.75) is 25.8 Å². The Morgan fingerprint density at radius 2 is 1.93 bits per heavy atom. The SMILES string of the molecule is CC(C)C(Cl)C(=O)NCc1ccccc1. The van der Waals surface area contributed by atoms with Gasteiger partial charge in [0.15, 0.2) is 0 Å². The average Bonchev–Trinajstić information content (AvgIpc) is 2.26. The fourth-order valence-corrected chi connectivity index (χ4v) is 1.26. The molecule has 0 saturated carbocycles. The summed E-state index contributed by atoms with van der Waals surface area (Å²) < 4.78 is 0. The maximum Gasteiger partial charge on any atom is 0.238 e. The molecule has 0 aliphatic carbocycles. The van der Waals surface area contributed by atoms with Crippen molar-refractivity contribution in [2.75, 3.05) is 0 Å². The van der Waals surface area contributed by atoms with E-state index >= 15 is 0 Å². The van der Waals surface area contributed by atoms with Crippen LogP contribution in [0.1, 0.15) is 19.4 Å². The molecule has 0 aromatic heterocycles. The monoisotopic (exact) mass is 225 g/mol. The Hall–Kier alpha value is -1.02. The zero-order valence-corrected chi connectivity index (χ0v) is 9.79. The molecule has 82 valence electrons. The van der Waals surface area contributed by atoms with E-state index in [4.69, 9.17) is 11.6 Å². The van der Waals surface area contributed by atoms with Crippen LogP contribution in [-0.4, -0.2) is 11.3 Å². The Morgan fingerprint density at radius 1 is 1.33 bits per heavy atom. The summed E-state index contributed by atoms with van der Waals surface area (Å²) in [5.74, 6) is 0.0537. The van der Waals surface area contributed by atoms with E-state index in [9.17, 15) is 4.79 Å². The average molecular weight is 226 g/mol. The van der Waals surface area contributed by atoms with Crippen molar-refractivity contribution in [3.05, 3.63) is 35.9 Å². The van der Waals surface area contributed by atoms with Gasteiger partial charge in [0.2, 0.25) is 5.91 Å². The molecular weight excluding hydrogens is 210 g/mol. The number of nitrogens with one attached hydrogen (secondary N) is 1. The molecule has 0 heterocycles. The lowest BCUT2D eigenvalue weighted by molar-refractivity contribution is -0.121. The molecule has 0 spiro atoms. The Balaban J connectivity index is 2.41. The standard InChI is InChI=1S/C12H16ClNO/c1-9(2)11(13)12(15)14-8-10-6-4-3-5-7-10/h3-7,9,11H,8H2,1-2H3,(H,14,15). The number of alkyl halides is 1. The van der Waals surface area contributed by atoms with Crippen LogP contribution in [0.15, 0.2) is 30.3 Å². The van der Waals surface area contributed by atoms with E-state index in [1.54, 1.807) is 0 Å². The van der Waals surface area contributed by atoms with Gasteiger partial charge in [-0.05, 0) is 11.5 Å². The summed E-state index contributed by atoms with van der Waals surface area (Å²) in [5.41, 5.74) is 1.08. The predicted octanol–water partition coefficient (Wildman–Crippen LogP) is 2.57. The Morgan fingerprint density at radius 3 is 2.47 bits per heavy atom. The van der Waals surface area contributed by atoms with Gasteiger partial charge in [-0.15, -0.1) is 11.6 Å². The Bertz CT molecular complexity index is 311. The lowest BCUT2D eigenvalue weighted by atomic mass is 10.1. The van der Waals surface area contributed by atoms with Crippen LogP contribution < -0.4 is 5.32 Å². The van der Waals surface area contributed by atoms with Crippen LogP contribution in [0, 0.1) is 5.92 Å². The first-order valence-corrected chi connectivity index (χ1v) is 5.50. The molecule has 1 aromatic rings. The minimum absolute atomic E-state index is 0.101. The van der Waals surface area contributed by atoms with Gasteiger partial charge in [0.25, 0.3) is 0 Å². The molecule has 1 rings (SSSR count). The fourth-order valence-electron chi connectivity index (χ4n) is 1.19. The second-order valence-corrected chi connectivity index (χ2v) is 4.32. The summed E-state index contributed by atoms with van der Waals surface area (Å²) in [6.07, 6.45) is 0. The predicted molar refractivity (Wildman–Crippen MR) is 62.8 cm³/mol. The van der Waals surface area contributed by atoms with Gasteiger partial charge in [-0.1, -0.05) is 44.2 Å². The molecular formula is C12H16ClNO. The molecule has 1 N–H and O–H groups in total. The van der Waals surface area contributed by atoms with Crippen LogP contribution in [-0.2, 0) is 11.3 Å². The van der Waals surface area contributed by atoms with Crippen molar-refractivity contribution < 1.29 is 4.79 Å². The molecule has 0 saturated heterocycles. The highest BCUT2D eigenvalue weighted by Gasteiger charge is 2.18. The number of benzene rings is 1. The van der Waals surface area contributed by atoms with Crippen LogP contribution in [0.25, 0.3) is 0 Å². The number of carbonyl (C=O) groups excluding carboxylic acids is 1. The molecule has 0 aliphatic rings. The molecule has 15 heavy (non-hydrogen) atoms. The molecule has 0 radical (unpaired) electrons. The number of hydrogen-bond donors (Lipinski definition) is 1. The van der Waals surface area contributed by atoms with E-state index in [0.717, 1.165) is 5.56 Å². The van der Waals surface area contributed by atoms with Gasteiger partial charge in [0, 0.05) is 6.54 Å². The Labute approximate surface area is 95.6 Å². The van der Waals surface area contributed by atoms with Gasteiger partial charge in [0.1, 0.15) is 5.38 Å². The van der Waals surface area contributed by atoms with Crippen LogP contribution in [0.2, 0.25) is 0 Å². The lowest BCUT2D eigenvalue weighted by Crippen LogP contribution is -2.33. The molecule has 0 aliphatic heterocycles. The van der Waals surface area contributed by atoms with Gasteiger partial charge >= 0.3 is 0 Å². The quantitative estimate of drug-likeness (QED) is 0.785. The summed E-state index contributed by atoms with van der Waals surface area (Å²) in [6, 6.07) is 9.78. The zero-order chi connectivity index (χ0) is 11.3. The van der Waals surface area contributed by atoms with Gasteiger partial charge < -0.3 is 5.32 Å². The fraction of sp³-hybridized carbons (Fsp3) is 0.417. The van der Waals surface area contributed by atoms with Crippen LogP contribution in [0.4, 0.5) is 0 Å². The summed E-state index contributed by atoms with van der Waals surface area (Å²) in [4.78, 5) is 11.5. The van der Waals surface area contributed by atoms with E-state index in [-0.39, 0.29) is 11.8 Å². The third kappa shape index (κ3) is 3.92. The van der Waals surface area contributed by atoms with Crippen molar-refractivity contribution in [1.82, 2.24) is 5.32 Å². The molecule has 1 amide bonds. The first kappa shape index (κ1) is 12.1. The van der Waals surface area contributed by atoms with Crippen molar-refractivity contribution in [3.63, 3.8) is 0 Å². The van der Waals surface area contributed by atoms with Gasteiger partial charge in [0.05, 0.1) is 0 Å². The molecule has 1 aromatic carbocycles. The van der Waals surface area contributed by atoms with E-state index in [1.807, 2.05) is 44.2 Å². The minimum Gasteiger partial charge on any atom is -0.351 e. The lowest BCUT2D eigenvalue weighted by Gasteiger charge is -2.13. The first-order chi connectivity index (χ1) is 7.11. The van der Waals surface area contributed by atoms with E-state index in [2.05, 4.69) is 5.32 Å². The minimum atomic E-state index is -0.450. The molecule has 0 bridgehead atoms. The topological polar surface area (TPSA) is 29.1 Å². The molecule has 2 nitrogen and oxygen atoms in total. The highest BCUT2D eigenvalue weighted by atomic mass is 35.5. The summed E-state index contributed by atoms with van der Waals surface area (Å²) in [6.45, 7) is 4.40. The molecule has 1 atom stereocenters. The first-order valence-electron chi connectivity index (χ1n) is 5.07. The number of rotatable bonds is 4. The third-order valence-electron chi connectivity index (χ3n) is 2.15. The van der Waals surface area contributed by atoms with E-state index in [0.29, 0.717) is 6.54 Å². The molecule has 1 unspecified atom stereocenters. The second kappa shape index (κ2) is 5.76. The third-order valence-corrected chi connectivity index (χ3v) is 2.85. The molecule has 3 heteroatoms. The van der Waals surface area contributed by atoms with Crippen molar-refractivity contribution in [2.24, 2.45) is 5.92 Å². The van der Waals surface area contributed by atoms with Gasteiger partial charge in [-0.25, -0.2) is 0 Å². The highest BCUT2D eigenvalue weighted by Crippen LogP contribution is 2.09. The smallest absolute Gasteiger partial charge is 0.238 e. The Kier molecular flexibility index (Phi) is 4.63. The maximum atomic E-state index is 11.5. The van der Waals surface area contributed by atoms with Crippen molar-refractivity contribution >= 4 is 17.5 Å². The second-order valence-electron chi connectivity index (χ2n) is 3.85. The van der Waals surface area contributed by atoms with Crippen molar-refractivity contribution in [3.8, 4) is 0 Å². The summed E-state index contributed by atoms with van der Waals surface area (Å²) in [7, 11) is 0. The van der Waals surface area contributed by atoms with Crippen molar-refractivity contribution in [1.29, 1.82) is 0 Å². The molecule has 0 fully saturated rings. The number of halogens is 1. The number of amides is 1. The normalized spacial score (nSPS) is 12.5. The number of hydrogen-bond acceptors (Lipinski definition) is 1. The van der Waals surface area contributed by atoms with Gasteiger partial charge in [-0.2, -0.15) is 0 Å².